The van der Waals surface area contributed by atoms with Gasteiger partial charge in [0.1, 0.15) is 17.1 Å². The highest BCUT2D eigenvalue weighted by Crippen LogP contribution is 2.34. The molecule has 3 aromatic heterocycles. The Balaban J connectivity index is 1.26. The van der Waals surface area contributed by atoms with Gasteiger partial charge < -0.3 is 10.1 Å². The second kappa shape index (κ2) is 10.4. The minimum atomic E-state index is -3.25. The van der Waals surface area contributed by atoms with Crippen LogP contribution in [0.2, 0.25) is 0 Å². The largest absolute Gasteiger partial charge is 0.497 e. The molecule has 1 aliphatic carbocycles. The molecule has 0 radical (unpaired) electrons. The highest BCUT2D eigenvalue weighted by atomic mass is 32.2. The van der Waals surface area contributed by atoms with E-state index in [4.69, 9.17) is 9.84 Å². The van der Waals surface area contributed by atoms with Crippen LogP contribution in [0.3, 0.4) is 0 Å². The van der Waals surface area contributed by atoms with Crippen molar-refractivity contribution in [2.45, 2.75) is 49.7 Å². The van der Waals surface area contributed by atoms with E-state index in [1.807, 2.05) is 30.3 Å². The van der Waals surface area contributed by atoms with Crippen LogP contribution in [0.1, 0.15) is 60.5 Å². The lowest BCUT2D eigenvalue weighted by atomic mass is 9.95. The first kappa shape index (κ1) is 25.5. The van der Waals surface area contributed by atoms with Crippen LogP contribution in [-0.4, -0.2) is 68.5 Å². The van der Waals surface area contributed by atoms with Crippen molar-refractivity contribution in [1.29, 1.82) is 0 Å². The van der Waals surface area contributed by atoms with E-state index in [0.717, 1.165) is 37.1 Å². The average Bonchev–Trinajstić information content (AvgIpc) is 3.74. The number of aromatic nitrogens is 5. The predicted octanol–water partition coefficient (Wildman–Crippen LogP) is 3.63. The molecule has 1 aromatic carbocycles. The Kier molecular flexibility index (Phi) is 6.81. The van der Waals surface area contributed by atoms with Gasteiger partial charge in [0.05, 0.1) is 29.9 Å². The van der Waals surface area contributed by atoms with Crippen molar-refractivity contribution in [2.24, 2.45) is 0 Å². The van der Waals surface area contributed by atoms with Gasteiger partial charge >= 0.3 is 0 Å². The Morgan fingerprint density at radius 3 is 2.54 bits per heavy atom. The standard InChI is InChI=1S/C27H31N7O4S/c1-38-21-9-7-20(8-10-21)34-25(30-27(35)23-18-29-33-14-4-13-28-26(23)33)17-24(31-34)19-11-15-32(16-12-19)39(36,37)22-5-2-3-6-22/h4,7-10,13-14,17-19,22H,2-3,5-6,11-12,15-16H2,1H3,(H,30,35). The van der Waals surface area contributed by atoms with Gasteiger partial charge in [0.15, 0.2) is 5.65 Å². The molecular weight excluding hydrogens is 518 g/mol. The molecule has 2 aliphatic rings. The molecule has 1 N–H and O–H groups in total. The number of carbonyl (C=O) groups excluding carboxylic acids is 1. The van der Waals surface area contributed by atoms with Gasteiger partial charge in [-0.1, -0.05) is 12.8 Å². The molecule has 0 spiro atoms. The summed E-state index contributed by atoms with van der Waals surface area (Å²) < 4.78 is 36.4. The molecule has 39 heavy (non-hydrogen) atoms. The van der Waals surface area contributed by atoms with Crippen LogP contribution >= 0.6 is 0 Å². The van der Waals surface area contributed by atoms with Crippen LogP contribution in [0, 0.1) is 0 Å². The minimum absolute atomic E-state index is 0.0776. The van der Waals surface area contributed by atoms with E-state index >= 15 is 0 Å². The number of fused-ring (bicyclic) bond motifs is 1. The van der Waals surface area contributed by atoms with Gasteiger partial charge in [-0.25, -0.2) is 26.9 Å². The van der Waals surface area contributed by atoms with E-state index in [-0.39, 0.29) is 17.1 Å². The molecule has 6 rings (SSSR count). The van der Waals surface area contributed by atoms with Crippen molar-refractivity contribution in [1.82, 2.24) is 28.7 Å². The monoisotopic (exact) mass is 549 g/mol. The summed E-state index contributed by atoms with van der Waals surface area (Å²) in [4.78, 5) is 17.6. The van der Waals surface area contributed by atoms with Gasteiger partial charge in [0.25, 0.3) is 5.91 Å². The summed E-state index contributed by atoms with van der Waals surface area (Å²) in [6.07, 6.45) is 9.71. The van der Waals surface area contributed by atoms with Crippen molar-refractivity contribution in [2.75, 3.05) is 25.5 Å². The van der Waals surface area contributed by atoms with Crippen LogP contribution in [-0.2, 0) is 10.0 Å². The zero-order valence-electron chi connectivity index (χ0n) is 21.7. The quantitative estimate of drug-likeness (QED) is 0.373. The van der Waals surface area contributed by atoms with Crippen LogP contribution in [0.4, 0.5) is 5.82 Å². The number of ether oxygens (including phenoxy) is 1. The molecule has 4 heterocycles. The summed E-state index contributed by atoms with van der Waals surface area (Å²) in [7, 11) is -1.65. The van der Waals surface area contributed by atoms with Gasteiger partial charge in [-0.2, -0.15) is 10.2 Å². The highest BCUT2D eigenvalue weighted by Gasteiger charge is 2.37. The maximum absolute atomic E-state index is 13.3. The van der Waals surface area contributed by atoms with Crippen molar-refractivity contribution in [3.05, 3.63) is 66.2 Å². The average molecular weight is 550 g/mol. The summed E-state index contributed by atoms with van der Waals surface area (Å²) in [5.74, 6) is 0.956. The van der Waals surface area contributed by atoms with E-state index in [1.165, 1.54) is 6.20 Å². The first-order valence-corrected chi connectivity index (χ1v) is 14.8. The van der Waals surface area contributed by atoms with E-state index in [1.54, 1.807) is 39.1 Å². The van der Waals surface area contributed by atoms with Crippen LogP contribution in [0.15, 0.2) is 55.0 Å². The van der Waals surface area contributed by atoms with Gasteiger partial charge in [-0.05, 0) is 56.0 Å². The maximum Gasteiger partial charge on any atom is 0.262 e. The molecular formula is C27H31N7O4S. The van der Waals surface area contributed by atoms with E-state index in [9.17, 15) is 13.2 Å². The third kappa shape index (κ3) is 4.89. The highest BCUT2D eigenvalue weighted by molar-refractivity contribution is 7.89. The Labute approximate surface area is 226 Å². The fourth-order valence-electron chi connectivity index (χ4n) is 5.58. The number of hydrogen-bond acceptors (Lipinski definition) is 7. The van der Waals surface area contributed by atoms with Crippen molar-refractivity contribution in [3.8, 4) is 11.4 Å². The summed E-state index contributed by atoms with van der Waals surface area (Å²) in [5.41, 5.74) is 2.39. The first-order chi connectivity index (χ1) is 18.9. The van der Waals surface area contributed by atoms with Crippen molar-refractivity contribution in [3.63, 3.8) is 0 Å². The van der Waals surface area contributed by atoms with Gasteiger partial charge in [0.2, 0.25) is 10.0 Å². The number of hydrogen-bond donors (Lipinski definition) is 1. The SMILES string of the molecule is COc1ccc(-n2nc(C3CCN(S(=O)(=O)C4CCCC4)CC3)cc2NC(=O)c2cnn3cccnc23)cc1. The number of piperidine rings is 1. The number of rotatable bonds is 7. The van der Waals surface area contributed by atoms with Crippen LogP contribution in [0.25, 0.3) is 11.3 Å². The lowest BCUT2D eigenvalue weighted by Crippen LogP contribution is -2.42. The second-order valence-corrected chi connectivity index (χ2v) is 12.3. The summed E-state index contributed by atoms with van der Waals surface area (Å²) in [5, 5.41) is 11.9. The summed E-state index contributed by atoms with van der Waals surface area (Å²) >= 11 is 0. The predicted molar refractivity (Wildman–Crippen MR) is 146 cm³/mol. The normalized spacial score (nSPS) is 17.6. The van der Waals surface area contributed by atoms with E-state index in [2.05, 4.69) is 15.4 Å². The Bertz CT molecular complexity index is 1580. The van der Waals surface area contributed by atoms with Crippen LogP contribution in [0.5, 0.6) is 5.75 Å². The molecule has 4 aromatic rings. The summed E-state index contributed by atoms with van der Waals surface area (Å²) in [6.45, 7) is 0.962. The Morgan fingerprint density at radius 2 is 1.82 bits per heavy atom. The number of nitrogens with one attached hydrogen (secondary N) is 1. The molecule has 12 heteroatoms. The van der Waals surface area contributed by atoms with Gasteiger partial charge in [-0.15, -0.1) is 0 Å². The second-order valence-electron chi connectivity index (χ2n) is 10.1. The number of methoxy groups -OCH3 is 1. The topological polar surface area (TPSA) is 124 Å². The molecule has 2 fully saturated rings. The molecule has 11 nitrogen and oxygen atoms in total. The molecule has 0 bridgehead atoms. The molecule has 1 amide bonds. The Morgan fingerprint density at radius 1 is 1.08 bits per heavy atom. The number of sulfonamides is 1. The minimum Gasteiger partial charge on any atom is -0.497 e. The number of anilines is 1. The molecule has 1 aliphatic heterocycles. The molecule has 0 unspecified atom stereocenters. The maximum atomic E-state index is 13.3. The van der Waals surface area contributed by atoms with Crippen LogP contribution < -0.4 is 10.1 Å². The zero-order chi connectivity index (χ0) is 27.0. The molecule has 1 saturated heterocycles. The van der Waals surface area contributed by atoms with Gasteiger partial charge in [0, 0.05) is 37.5 Å². The van der Waals surface area contributed by atoms with E-state index < -0.39 is 10.0 Å². The molecule has 204 valence electrons. The fraction of sp³-hybridized carbons (Fsp3) is 0.407. The first-order valence-electron chi connectivity index (χ1n) is 13.3. The Hall–Kier alpha value is -3.77. The fourth-order valence-corrected chi connectivity index (χ4v) is 7.65. The number of benzene rings is 1. The van der Waals surface area contributed by atoms with Gasteiger partial charge in [-0.3, -0.25) is 4.79 Å². The van der Waals surface area contributed by atoms with Crippen molar-refractivity contribution >= 4 is 27.4 Å². The lowest BCUT2D eigenvalue weighted by Gasteiger charge is -2.32. The number of amides is 1. The molecule has 0 atom stereocenters. The zero-order valence-corrected chi connectivity index (χ0v) is 22.5. The number of nitrogens with zero attached hydrogens (tertiary/aromatic N) is 6. The lowest BCUT2D eigenvalue weighted by molar-refractivity contribution is 0.102. The third-order valence-electron chi connectivity index (χ3n) is 7.77. The van der Waals surface area contributed by atoms with E-state index in [0.29, 0.717) is 48.7 Å². The third-order valence-corrected chi connectivity index (χ3v) is 10.2. The van der Waals surface area contributed by atoms with Crippen molar-refractivity contribution < 1.29 is 17.9 Å². The smallest absolute Gasteiger partial charge is 0.262 e. The summed E-state index contributed by atoms with van der Waals surface area (Å²) in [6, 6.07) is 11.1. The number of carbonyl (C=O) groups is 1. The molecule has 1 saturated carbocycles.